The molecule has 2 saturated heterocycles. The second kappa shape index (κ2) is 8.05. The Hall–Kier alpha value is -2.57. The number of hydrogen-bond acceptors (Lipinski definition) is 4. The van der Waals surface area contributed by atoms with E-state index in [4.69, 9.17) is 4.74 Å². The van der Waals surface area contributed by atoms with E-state index in [1.165, 1.54) is 44.1 Å². The zero-order chi connectivity index (χ0) is 20.4. The van der Waals surface area contributed by atoms with E-state index in [1.54, 1.807) is 18.2 Å². The summed E-state index contributed by atoms with van der Waals surface area (Å²) >= 11 is 0. The molecular formula is C22H29N3O4. The van der Waals surface area contributed by atoms with Gasteiger partial charge in [0.1, 0.15) is 5.75 Å². The highest BCUT2D eigenvalue weighted by Crippen LogP contribution is 2.44. The largest absolute Gasteiger partial charge is 0.495 e. The van der Waals surface area contributed by atoms with Crippen LogP contribution in [-0.4, -0.2) is 49.5 Å². The molecule has 0 unspecified atom stereocenters. The normalized spacial score (nSPS) is 21.8. The van der Waals surface area contributed by atoms with Crippen LogP contribution in [0.1, 0.15) is 61.7 Å². The van der Waals surface area contributed by atoms with Crippen LogP contribution in [0, 0.1) is 5.41 Å². The molecule has 1 spiro atoms. The predicted molar refractivity (Wildman–Crippen MR) is 109 cm³/mol. The van der Waals surface area contributed by atoms with E-state index in [0.717, 1.165) is 25.9 Å². The van der Waals surface area contributed by atoms with Crippen molar-refractivity contribution in [1.29, 1.82) is 0 Å². The van der Waals surface area contributed by atoms with Gasteiger partial charge < -0.3 is 9.64 Å². The number of anilines is 1. The van der Waals surface area contributed by atoms with Crippen LogP contribution in [0.3, 0.4) is 0 Å². The Morgan fingerprint density at radius 2 is 1.76 bits per heavy atom. The molecule has 156 valence electrons. The average molecular weight is 399 g/mol. The van der Waals surface area contributed by atoms with Crippen molar-refractivity contribution < 1.29 is 19.1 Å². The van der Waals surface area contributed by atoms with E-state index in [1.807, 2.05) is 4.90 Å². The summed E-state index contributed by atoms with van der Waals surface area (Å²) in [5.41, 5.74) is 1.51. The monoisotopic (exact) mass is 399 g/mol. The van der Waals surface area contributed by atoms with Gasteiger partial charge in [0.15, 0.2) is 0 Å². The van der Waals surface area contributed by atoms with E-state index in [9.17, 15) is 14.4 Å². The van der Waals surface area contributed by atoms with Crippen molar-refractivity contribution in [1.82, 2.24) is 10.2 Å². The van der Waals surface area contributed by atoms with E-state index >= 15 is 0 Å². The molecule has 0 atom stereocenters. The van der Waals surface area contributed by atoms with Crippen molar-refractivity contribution in [2.45, 2.75) is 51.4 Å². The summed E-state index contributed by atoms with van der Waals surface area (Å²) in [7, 11) is 1.53. The lowest BCUT2D eigenvalue weighted by molar-refractivity contribution is -0.120. The molecule has 4 amide bonds. The van der Waals surface area contributed by atoms with Gasteiger partial charge in [0, 0.05) is 31.6 Å². The molecule has 1 aromatic rings. The summed E-state index contributed by atoms with van der Waals surface area (Å²) in [5.74, 6) is 0.210. The number of hydrogen-bond donors (Lipinski definition) is 1. The van der Waals surface area contributed by atoms with Gasteiger partial charge in [0.25, 0.3) is 5.91 Å². The highest BCUT2D eigenvalue weighted by molar-refractivity contribution is 6.07. The lowest BCUT2D eigenvalue weighted by Gasteiger charge is -2.44. The lowest BCUT2D eigenvalue weighted by Crippen LogP contribution is -2.49. The third-order valence-electron chi connectivity index (χ3n) is 6.80. The Bertz CT molecular complexity index is 806. The second-order valence-electron chi connectivity index (χ2n) is 8.49. The smallest absolute Gasteiger partial charge is 0.328 e. The topological polar surface area (TPSA) is 79.0 Å². The zero-order valence-electron chi connectivity index (χ0n) is 17.0. The van der Waals surface area contributed by atoms with E-state index in [0.29, 0.717) is 22.4 Å². The first-order valence-electron chi connectivity index (χ1n) is 10.6. The van der Waals surface area contributed by atoms with Crippen LogP contribution in [-0.2, 0) is 4.79 Å². The third-order valence-corrected chi connectivity index (χ3v) is 6.80. The van der Waals surface area contributed by atoms with E-state index in [2.05, 4.69) is 5.32 Å². The molecule has 3 fully saturated rings. The average Bonchev–Trinajstić information content (AvgIpc) is 2.74. The van der Waals surface area contributed by atoms with Crippen molar-refractivity contribution >= 4 is 23.5 Å². The molecule has 3 aliphatic rings. The summed E-state index contributed by atoms with van der Waals surface area (Å²) in [5, 5.41) is 2.32. The van der Waals surface area contributed by atoms with Crippen LogP contribution in [0.25, 0.3) is 0 Å². The van der Waals surface area contributed by atoms with Crippen LogP contribution in [0.4, 0.5) is 10.5 Å². The highest BCUT2D eigenvalue weighted by Gasteiger charge is 2.37. The number of ether oxygens (including phenoxy) is 1. The van der Waals surface area contributed by atoms with E-state index < -0.39 is 6.03 Å². The molecule has 29 heavy (non-hydrogen) atoms. The number of likely N-dealkylation sites (tertiary alicyclic amines) is 1. The van der Waals surface area contributed by atoms with Gasteiger partial charge in [-0.05, 0) is 49.3 Å². The molecule has 0 bridgehead atoms. The number of urea groups is 1. The van der Waals surface area contributed by atoms with Crippen LogP contribution >= 0.6 is 0 Å². The van der Waals surface area contributed by atoms with Crippen molar-refractivity contribution in [3.05, 3.63) is 23.8 Å². The number of piperidine rings is 1. The Morgan fingerprint density at radius 1 is 1.03 bits per heavy atom. The Morgan fingerprint density at radius 3 is 2.41 bits per heavy atom. The number of methoxy groups -OCH3 is 1. The summed E-state index contributed by atoms with van der Waals surface area (Å²) in [6.07, 6.45) is 8.95. The molecule has 0 aromatic heterocycles. The molecular weight excluding hydrogens is 370 g/mol. The summed E-state index contributed by atoms with van der Waals surface area (Å²) in [6, 6.07) is 4.70. The number of carbonyl (C=O) groups excluding carboxylic acids is 3. The molecule has 1 N–H and O–H groups in total. The number of rotatable bonds is 3. The standard InChI is InChI=1S/C22H29N3O4/c1-29-18-6-5-16(15-17(18)25-12-7-19(26)23-21(25)28)20(27)24-13-10-22(11-14-24)8-3-2-4-9-22/h5-6,15H,2-4,7-14H2,1H3,(H,23,26,28). The molecule has 1 saturated carbocycles. The molecule has 1 aromatic carbocycles. The van der Waals surface area contributed by atoms with Crippen molar-refractivity contribution in [2.75, 3.05) is 31.6 Å². The third kappa shape index (κ3) is 3.95. The molecule has 7 heteroatoms. The molecule has 4 rings (SSSR count). The number of nitrogens with one attached hydrogen (secondary N) is 1. The first-order chi connectivity index (χ1) is 14.0. The lowest BCUT2D eigenvalue weighted by atomic mass is 9.68. The maximum Gasteiger partial charge on any atom is 0.328 e. The van der Waals surface area contributed by atoms with Gasteiger partial charge in [-0.15, -0.1) is 0 Å². The van der Waals surface area contributed by atoms with Crippen molar-refractivity contribution in [3.63, 3.8) is 0 Å². The van der Waals surface area contributed by atoms with Gasteiger partial charge in [0.2, 0.25) is 5.91 Å². The summed E-state index contributed by atoms with van der Waals surface area (Å²) in [6.45, 7) is 1.85. The van der Waals surface area contributed by atoms with Gasteiger partial charge in [-0.3, -0.25) is 19.8 Å². The van der Waals surface area contributed by atoms with E-state index in [-0.39, 0.29) is 24.8 Å². The SMILES string of the molecule is COc1ccc(C(=O)N2CCC3(CCCCC3)CC2)cc1N1CCC(=O)NC1=O. The molecule has 1 aliphatic carbocycles. The first-order valence-corrected chi connectivity index (χ1v) is 10.6. The fourth-order valence-corrected chi connectivity index (χ4v) is 5.00. The van der Waals surface area contributed by atoms with Gasteiger partial charge in [-0.25, -0.2) is 4.79 Å². The highest BCUT2D eigenvalue weighted by atomic mass is 16.5. The molecule has 0 radical (unpaired) electrons. The van der Waals surface area contributed by atoms with Gasteiger partial charge >= 0.3 is 6.03 Å². The fraction of sp³-hybridized carbons (Fsp3) is 0.591. The second-order valence-corrected chi connectivity index (χ2v) is 8.49. The molecule has 2 heterocycles. The number of nitrogens with zero attached hydrogens (tertiary/aromatic N) is 2. The van der Waals surface area contributed by atoms with Crippen LogP contribution < -0.4 is 15.0 Å². The van der Waals surface area contributed by atoms with Crippen LogP contribution in [0.2, 0.25) is 0 Å². The number of carbonyl (C=O) groups is 3. The number of amides is 4. The maximum atomic E-state index is 13.2. The first kappa shape index (κ1) is 19.7. The Balaban J connectivity index is 1.50. The van der Waals surface area contributed by atoms with Crippen molar-refractivity contribution in [2.24, 2.45) is 5.41 Å². The Labute approximate surface area is 171 Å². The minimum Gasteiger partial charge on any atom is -0.495 e. The summed E-state index contributed by atoms with van der Waals surface area (Å²) < 4.78 is 5.40. The quantitative estimate of drug-likeness (QED) is 0.846. The van der Waals surface area contributed by atoms with Crippen molar-refractivity contribution in [3.8, 4) is 5.75 Å². The molecule has 2 aliphatic heterocycles. The maximum absolute atomic E-state index is 13.2. The van der Waals surface area contributed by atoms with Gasteiger partial charge in [-0.1, -0.05) is 19.3 Å². The fourth-order valence-electron chi connectivity index (χ4n) is 5.00. The van der Waals surface area contributed by atoms with Gasteiger partial charge in [0.05, 0.1) is 12.8 Å². The minimum absolute atomic E-state index is 0.00643. The number of benzene rings is 1. The Kier molecular flexibility index (Phi) is 5.48. The molecule has 7 nitrogen and oxygen atoms in total. The minimum atomic E-state index is -0.485. The van der Waals surface area contributed by atoms with Crippen LogP contribution in [0.5, 0.6) is 5.75 Å². The predicted octanol–water partition coefficient (Wildman–Crippen LogP) is 3.33. The van der Waals surface area contributed by atoms with Gasteiger partial charge in [-0.2, -0.15) is 0 Å². The summed E-state index contributed by atoms with van der Waals surface area (Å²) in [4.78, 5) is 40.3. The van der Waals surface area contributed by atoms with Crippen LogP contribution in [0.15, 0.2) is 18.2 Å². The number of imide groups is 1. The zero-order valence-corrected chi connectivity index (χ0v) is 17.0.